The zero-order valence-corrected chi connectivity index (χ0v) is 26.1. The molecule has 1 N–H and O–H groups in total. The zero-order chi connectivity index (χ0) is 31.0. The van der Waals surface area contributed by atoms with Crippen molar-refractivity contribution >= 4 is 56.5 Å². The molecule has 4 heterocycles. The van der Waals surface area contributed by atoms with Gasteiger partial charge in [-0.25, -0.2) is 9.78 Å². The summed E-state index contributed by atoms with van der Waals surface area (Å²) in [5.74, 6) is 1.46. The summed E-state index contributed by atoms with van der Waals surface area (Å²) >= 11 is 1.27. The van der Waals surface area contributed by atoms with Gasteiger partial charge in [0.25, 0.3) is 5.91 Å². The molecular formula is C34H35N5O4S. The molecule has 0 aliphatic carbocycles. The fraction of sp³-hybridized carbons (Fsp3) is 0.294. The first-order chi connectivity index (χ1) is 21.2. The molecule has 2 aromatic heterocycles. The highest BCUT2D eigenvalue weighted by Crippen LogP contribution is 2.47. The highest BCUT2D eigenvalue weighted by molar-refractivity contribution is 7.21. The predicted octanol–water partition coefficient (Wildman–Crippen LogP) is 7.36. The molecule has 6 rings (SSSR count). The van der Waals surface area contributed by atoms with E-state index in [0.717, 1.165) is 29.5 Å². The molecule has 0 bridgehead atoms. The third-order valence-corrected chi connectivity index (χ3v) is 9.11. The zero-order valence-electron chi connectivity index (χ0n) is 25.2. The maximum atomic E-state index is 13.9. The number of para-hydroxylation sites is 1. The number of nitrogens with one attached hydrogen (secondary N) is 1. The van der Waals surface area contributed by atoms with E-state index in [4.69, 9.17) is 4.74 Å². The highest BCUT2D eigenvalue weighted by atomic mass is 32.1. The van der Waals surface area contributed by atoms with Crippen LogP contribution in [0.4, 0.5) is 21.9 Å². The molecule has 0 radical (unpaired) electrons. The first-order valence-corrected chi connectivity index (χ1v) is 15.6. The van der Waals surface area contributed by atoms with Crippen LogP contribution in [0.25, 0.3) is 10.2 Å². The molecule has 0 spiro atoms. The van der Waals surface area contributed by atoms with Crippen molar-refractivity contribution in [1.82, 2.24) is 14.8 Å². The minimum atomic E-state index is -0.355. The summed E-state index contributed by atoms with van der Waals surface area (Å²) in [5.41, 5.74) is 2.71. The Labute approximate surface area is 260 Å². The number of benzene rings is 2. The summed E-state index contributed by atoms with van der Waals surface area (Å²) in [6.07, 6.45) is 6.81. The summed E-state index contributed by atoms with van der Waals surface area (Å²) in [6.45, 7) is 7.14. The van der Waals surface area contributed by atoms with E-state index in [0.29, 0.717) is 45.6 Å². The Morgan fingerprint density at radius 1 is 1.11 bits per heavy atom. The molecule has 1 atom stereocenters. The first-order valence-electron chi connectivity index (χ1n) is 14.8. The topological polar surface area (TPSA) is 95.1 Å². The lowest BCUT2D eigenvalue weighted by Gasteiger charge is -2.37. The van der Waals surface area contributed by atoms with Crippen LogP contribution in [0.1, 0.15) is 41.9 Å². The molecule has 10 heteroatoms. The Balaban J connectivity index is 1.27. The molecule has 1 fully saturated rings. The standard InChI is InChI=1S/C34H35N5O4S/c1-21(2)12-15-28(40)38-18-8-9-23(20-38)37(4)33(41)31-30-29-27(16-17-35-32(29)44-31)39(34(42)36-30)26-14-13-25(19-22(26)3)43-24-10-6-5-7-11-24/h5-7,10-17,19,21,23H,8-9,18,20H2,1-4H3,(H,36,42)/b15-12+. The summed E-state index contributed by atoms with van der Waals surface area (Å²) in [7, 11) is 1.77. The number of hydrogen-bond donors (Lipinski definition) is 1. The van der Waals surface area contributed by atoms with Gasteiger partial charge < -0.3 is 19.9 Å². The number of ether oxygens (including phenoxy) is 1. The monoisotopic (exact) mass is 609 g/mol. The van der Waals surface area contributed by atoms with Crippen molar-refractivity contribution in [2.24, 2.45) is 5.92 Å². The number of amides is 4. The minimum absolute atomic E-state index is 0.0302. The van der Waals surface area contributed by atoms with Crippen LogP contribution in [0.5, 0.6) is 11.5 Å². The summed E-state index contributed by atoms with van der Waals surface area (Å²) in [4.78, 5) is 51.2. The number of pyridine rings is 1. The Morgan fingerprint density at radius 2 is 1.91 bits per heavy atom. The average molecular weight is 610 g/mol. The van der Waals surface area contributed by atoms with E-state index in [2.05, 4.69) is 10.3 Å². The van der Waals surface area contributed by atoms with Crippen LogP contribution in [-0.4, -0.2) is 58.8 Å². The van der Waals surface area contributed by atoms with Gasteiger partial charge in [-0.1, -0.05) is 38.1 Å². The van der Waals surface area contributed by atoms with Gasteiger partial charge in [0.05, 0.1) is 22.4 Å². The third kappa shape index (κ3) is 5.65. The van der Waals surface area contributed by atoms with Crippen molar-refractivity contribution in [3.63, 3.8) is 0 Å². The van der Waals surface area contributed by atoms with Crippen LogP contribution < -0.4 is 15.0 Å². The van der Waals surface area contributed by atoms with Gasteiger partial charge in [-0.2, -0.15) is 0 Å². The second kappa shape index (κ2) is 12.1. The van der Waals surface area contributed by atoms with E-state index in [1.807, 2.05) is 80.3 Å². The lowest BCUT2D eigenvalue weighted by atomic mass is 10.0. The van der Waals surface area contributed by atoms with Crippen LogP contribution in [-0.2, 0) is 4.79 Å². The van der Waals surface area contributed by atoms with Crippen LogP contribution >= 0.6 is 11.3 Å². The number of aromatic nitrogens is 1. The molecule has 2 aromatic carbocycles. The fourth-order valence-electron chi connectivity index (χ4n) is 5.72. The quantitative estimate of drug-likeness (QED) is 0.221. The molecule has 1 unspecified atom stereocenters. The highest BCUT2D eigenvalue weighted by Gasteiger charge is 2.36. The minimum Gasteiger partial charge on any atom is -0.457 e. The van der Waals surface area contributed by atoms with Crippen molar-refractivity contribution in [2.45, 2.75) is 39.7 Å². The Kier molecular flexibility index (Phi) is 8.09. The van der Waals surface area contributed by atoms with E-state index >= 15 is 0 Å². The van der Waals surface area contributed by atoms with Crippen molar-refractivity contribution in [3.05, 3.63) is 83.4 Å². The largest absolute Gasteiger partial charge is 0.457 e. The Hall–Kier alpha value is -4.70. The number of carbonyl (C=O) groups is 3. The SMILES string of the molecule is Cc1cc(Oc2ccccc2)ccc1N1C(=O)Nc2c(C(=O)N(C)C3CCCN(C(=O)/C=C/C(C)C)C3)sc3nccc1c23. The molecule has 9 nitrogen and oxygen atoms in total. The molecule has 4 aromatic rings. The maximum absolute atomic E-state index is 13.9. The van der Waals surface area contributed by atoms with Crippen LogP contribution in [0.3, 0.4) is 0 Å². The van der Waals surface area contributed by atoms with E-state index < -0.39 is 0 Å². The number of anilines is 3. The average Bonchev–Trinajstić information content (AvgIpc) is 3.39. The number of likely N-dealkylation sites (tertiary alicyclic amines) is 1. The van der Waals surface area contributed by atoms with Crippen LogP contribution in [0, 0.1) is 12.8 Å². The van der Waals surface area contributed by atoms with Crippen molar-refractivity contribution in [1.29, 1.82) is 0 Å². The molecule has 0 saturated carbocycles. The van der Waals surface area contributed by atoms with E-state index in [1.165, 1.54) is 11.3 Å². The number of rotatable bonds is 7. The van der Waals surface area contributed by atoms with Gasteiger partial charge in [-0.05, 0) is 73.7 Å². The number of allylic oxidation sites excluding steroid dienone is 1. The molecule has 2 aliphatic heterocycles. The molecular weight excluding hydrogens is 574 g/mol. The van der Waals surface area contributed by atoms with E-state index in [9.17, 15) is 14.4 Å². The van der Waals surface area contributed by atoms with Gasteiger partial charge in [0.1, 0.15) is 21.2 Å². The Bertz CT molecular complexity index is 1770. The molecule has 4 amide bonds. The summed E-state index contributed by atoms with van der Waals surface area (Å²) < 4.78 is 5.99. The second-order valence-corrected chi connectivity index (χ2v) is 12.5. The van der Waals surface area contributed by atoms with Gasteiger partial charge in [-0.15, -0.1) is 11.3 Å². The Morgan fingerprint density at radius 3 is 2.66 bits per heavy atom. The smallest absolute Gasteiger partial charge is 0.331 e. The van der Waals surface area contributed by atoms with Crippen molar-refractivity contribution < 1.29 is 19.1 Å². The number of urea groups is 1. The van der Waals surface area contributed by atoms with Gasteiger partial charge in [0.15, 0.2) is 0 Å². The number of nitrogens with zero attached hydrogens (tertiary/aromatic N) is 4. The number of piperidine rings is 1. The molecule has 44 heavy (non-hydrogen) atoms. The van der Waals surface area contributed by atoms with Gasteiger partial charge >= 0.3 is 6.03 Å². The second-order valence-electron chi connectivity index (χ2n) is 11.5. The predicted molar refractivity (Wildman–Crippen MR) is 174 cm³/mol. The maximum Gasteiger partial charge on any atom is 0.331 e. The number of carbonyl (C=O) groups excluding carboxylic acids is 3. The lowest BCUT2D eigenvalue weighted by Crippen LogP contribution is -2.50. The normalized spacial score (nSPS) is 16.5. The van der Waals surface area contributed by atoms with E-state index in [1.54, 1.807) is 35.2 Å². The lowest BCUT2D eigenvalue weighted by molar-refractivity contribution is -0.127. The fourth-order valence-corrected chi connectivity index (χ4v) is 6.82. The number of likely N-dealkylation sites (N-methyl/N-ethyl adjacent to an activating group) is 1. The van der Waals surface area contributed by atoms with Gasteiger partial charge in [0.2, 0.25) is 5.91 Å². The number of aryl methyl sites for hydroxylation is 1. The molecule has 226 valence electrons. The third-order valence-electron chi connectivity index (χ3n) is 8.03. The molecule has 2 aliphatic rings. The summed E-state index contributed by atoms with van der Waals surface area (Å²) in [6, 6.07) is 16.5. The summed E-state index contributed by atoms with van der Waals surface area (Å²) in [5, 5.41) is 3.73. The molecule has 1 saturated heterocycles. The van der Waals surface area contributed by atoms with E-state index in [-0.39, 0.29) is 29.8 Å². The van der Waals surface area contributed by atoms with Crippen LogP contribution in [0.2, 0.25) is 0 Å². The van der Waals surface area contributed by atoms with Gasteiger partial charge in [-0.3, -0.25) is 14.5 Å². The van der Waals surface area contributed by atoms with Gasteiger partial charge in [0, 0.05) is 32.4 Å². The number of hydrogen-bond acceptors (Lipinski definition) is 6. The number of thiophene rings is 1. The first kappa shape index (κ1) is 29.4. The van der Waals surface area contributed by atoms with Crippen LogP contribution in [0.15, 0.2) is 72.9 Å². The van der Waals surface area contributed by atoms with Crippen molar-refractivity contribution in [2.75, 3.05) is 30.4 Å². The van der Waals surface area contributed by atoms with Crippen molar-refractivity contribution in [3.8, 4) is 11.5 Å².